The van der Waals surface area contributed by atoms with Crippen molar-refractivity contribution in [1.82, 2.24) is 9.80 Å². The number of amides is 1. The number of hydrogen-bond donors (Lipinski definition) is 1. The van der Waals surface area contributed by atoms with E-state index in [0.29, 0.717) is 38.3 Å². The maximum Gasteiger partial charge on any atom is 0.270 e. The molecule has 0 bridgehead atoms. The van der Waals surface area contributed by atoms with Gasteiger partial charge in [-0.15, -0.1) is 0 Å². The van der Waals surface area contributed by atoms with Crippen molar-refractivity contribution >= 4 is 17.3 Å². The molecule has 0 saturated carbocycles. The Morgan fingerprint density at radius 2 is 1.77 bits per heavy atom. The summed E-state index contributed by atoms with van der Waals surface area (Å²) in [7, 11) is 0. The van der Waals surface area contributed by atoms with Gasteiger partial charge in [0, 0.05) is 57.9 Å². The van der Waals surface area contributed by atoms with Gasteiger partial charge >= 0.3 is 0 Å². The molecular weight excluding hydrogens is 336 g/mol. The molecular formula is C18H26N4O4. The largest absolute Gasteiger partial charge is 0.395 e. The van der Waals surface area contributed by atoms with Crippen molar-refractivity contribution in [1.29, 1.82) is 0 Å². The summed E-state index contributed by atoms with van der Waals surface area (Å²) < 4.78 is 0. The first-order valence-electron chi connectivity index (χ1n) is 9.26. The Labute approximate surface area is 153 Å². The number of nitro benzene ring substituents is 1. The number of nitrogens with zero attached hydrogens (tertiary/aromatic N) is 4. The highest BCUT2D eigenvalue weighted by molar-refractivity contribution is 6.00. The van der Waals surface area contributed by atoms with Crippen LogP contribution in [-0.2, 0) is 0 Å². The van der Waals surface area contributed by atoms with Crippen molar-refractivity contribution in [3.63, 3.8) is 0 Å². The number of nitro groups is 1. The summed E-state index contributed by atoms with van der Waals surface area (Å²) >= 11 is 0. The minimum absolute atomic E-state index is 0.0481. The number of aliphatic hydroxyl groups is 1. The Balaban J connectivity index is 1.82. The number of hydrogen-bond acceptors (Lipinski definition) is 6. The van der Waals surface area contributed by atoms with Gasteiger partial charge in [-0.2, -0.15) is 0 Å². The summed E-state index contributed by atoms with van der Waals surface area (Å²) in [5.41, 5.74) is 1.18. The van der Waals surface area contributed by atoms with E-state index in [9.17, 15) is 14.9 Å². The number of anilines is 1. The molecule has 0 unspecified atom stereocenters. The lowest BCUT2D eigenvalue weighted by Crippen LogP contribution is -2.49. The number of non-ortho nitro benzene ring substituents is 1. The lowest BCUT2D eigenvalue weighted by atomic mass is 10.0. The van der Waals surface area contributed by atoms with Crippen molar-refractivity contribution in [3.8, 4) is 0 Å². The number of carbonyl (C=O) groups excluding carboxylic acids is 1. The number of aliphatic hydroxyl groups excluding tert-OH is 1. The van der Waals surface area contributed by atoms with Crippen LogP contribution in [0.3, 0.4) is 0 Å². The first kappa shape index (κ1) is 18.6. The molecule has 2 aliphatic heterocycles. The number of β-amino-alcohol motifs (C(OH)–C–C–N with tert-alkyl or cyclic N) is 1. The molecule has 0 aromatic heterocycles. The summed E-state index contributed by atoms with van der Waals surface area (Å²) in [6.45, 7) is 5.03. The molecule has 0 aliphatic carbocycles. The van der Waals surface area contributed by atoms with Crippen LogP contribution < -0.4 is 4.90 Å². The Morgan fingerprint density at radius 1 is 1.08 bits per heavy atom. The zero-order chi connectivity index (χ0) is 18.5. The van der Waals surface area contributed by atoms with Crippen LogP contribution in [0.15, 0.2) is 18.2 Å². The topological polar surface area (TPSA) is 90.2 Å². The molecule has 1 amide bonds. The quantitative estimate of drug-likeness (QED) is 0.628. The van der Waals surface area contributed by atoms with Crippen LogP contribution in [0.25, 0.3) is 0 Å². The fourth-order valence-corrected chi connectivity index (χ4v) is 3.71. The van der Waals surface area contributed by atoms with Gasteiger partial charge in [0.1, 0.15) is 0 Å². The maximum absolute atomic E-state index is 13.1. The lowest BCUT2D eigenvalue weighted by molar-refractivity contribution is -0.384. The number of carbonyl (C=O) groups is 1. The Bertz CT molecular complexity index is 653. The van der Waals surface area contributed by atoms with Gasteiger partial charge in [0.2, 0.25) is 0 Å². The van der Waals surface area contributed by atoms with Crippen molar-refractivity contribution < 1.29 is 14.8 Å². The first-order chi connectivity index (χ1) is 12.6. The summed E-state index contributed by atoms with van der Waals surface area (Å²) in [6, 6.07) is 4.63. The molecule has 1 aromatic rings. The smallest absolute Gasteiger partial charge is 0.270 e. The second-order valence-electron chi connectivity index (χ2n) is 6.86. The molecule has 2 heterocycles. The van der Waals surface area contributed by atoms with E-state index in [0.717, 1.165) is 31.6 Å². The molecule has 2 fully saturated rings. The average molecular weight is 362 g/mol. The van der Waals surface area contributed by atoms with Crippen LogP contribution in [-0.4, -0.2) is 78.2 Å². The van der Waals surface area contributed by atoms with Crippen LogP contribution in [0.4, 0.5) is 11.4 Å². The Morgan fingerprint density at radius 3 is 2.38 bits per heavy atom. The number of piperidine rings is 1. The molecule has 0 radical (unpaired) electrons. The van der Waals surface area contributed by atoms with Crippen LogP contribution in [0.2, 0.25) is 0 Å². The molecule has 1 aromatic carbocycles. The first-order valence-corrected chi connectivity index (χ1v) is 9.26. The van der Waals surface area contributed by atoms with Crippen molar-refractivity contribution in [2.75, 3.05) is 57.3 Å². The van der Waals surface area contributed by atoms with E-state index in [4.69, 9.17) is 5.11 Å². The predicted octanol–water partition coefficient (Wildman–Crippen LogP) is 1.34. The van der Waals surface area contributed by atoms with Gasteiger partial charge in [0.15, 0.2) is 0 Å². The van der Waals surface area contributed by atoms with Gasteiger partial charge in [0.05, 0.1) is 22.8 Å². The number of benzene rings is 1. The molecule has 0 atom stereocenters. The van der Waals surface area contributed by atoms with E-state index in [1.165, 1.54) is 18.6 Å². The van der Waals surface area contributed by atoms with Crippen LogP contribution >= 0.6 is 0 Å². The summed E-state index contributed by atoms with van der Waals surface area (Å²) in [5, 5.41) is 20.2. The molecule has 3 rings (SSSR count). The van der Waals surface area contributed by atoms with Crippen molar-refractivity contribution in [2.24, 2.45) is 0 Å². The molecule has 8 heteroatoms. The second-order valence-corrected chi connectivity index (χ2v) is 6.86. The van der Waals surface area contributed by atoms with E-state index in [-0.39, 0.29) is 18.2 Å². The van der Waals surface area contributed by atoms with E-state index < -0.39 is 4.92 Å². The van der Waals surface area contributed by atoms with Gasteiger partial charge < -0.3 is 14.9 Å². The van der Waals surface area contributed by atoms with E-state index >= 15 is 0 Å². The third-order valence-corrected chi connectivity index (χ3v) is 5.19. The number of rotatable bonds is 5. The second kappa shape index (κ2) is 8.46. The standard InChI is InChI=1S/C18H26N4O4/c23-13-12-19-8-10-21(11-9-19)18(24)16-14-15(22(25)26)4-5-17(16)20-6-2-1-3-7-20/h4-5,14,23H,1-3,6-13H2. The zero-order valence-corrected chi connectivity index (χ0v) is 15.0. The van der Waals surface area contributed by atoms with Crippen LogP contribution in [0.5, 0.6) is 0 Å². The molecule has 0 spiro atoms. The van der Waals surface area contributed by atoms with Crippen molar-refractivity contribution in [3.05, 3.63) is 33.9 Å². The molecule has 2 aliphatic rings. The number of piperazine rings is 1. The normalized spacial score (nSPS) is 18.8. The highest BCUT2D eigenvalue weighted by Crippen LogP contribution is 2.29. The third kappa shape index (κ3) is 4.13. The molecule has 2 saturated heterocycles. The molecule has 1 N–H and O–H groups in total. The SMILES string of the molecule is O=C(c1cc([N+](=O)[O-])ccc1N1CCCCC1)N1CCN(CCO)CC1. The third-order valence-electron chi connectivity index (χ3n) is 5.19. The highest BCUT2D eigenvalue weighted by atomic mass is 16.6. The van der Waals surface area contributed by atoms with E-state index in [1.54, 1.807) is 11.0 Å². The zero-order valence-electron chi connectivity index (χ0n) is 15.0. The minimum atomic E-state index is -0.448. The monoisotopic (exact) mass is 362 g/mol. The fourth-order valence-electron chi connectivity index (χ4n) is 3.71. The summed E-state index contributed by atoms with van der Waals surface area (Å²) in [5.74, 6) is -0.141. The van der Waals surface area contributed by atoms with Gasteiger partial charge in [0.25, 0.3) is 11.6 Å². The summed E-state index contributed by atoms with van der Waals surface area (Å²) in [6.07, 6.45) is 3.33. The minimum Gasteiger partial charge on any atom is -0.395 e. The Kier molecular flexibility index (Phi) is 6.05. The average Bonchev–Trinajstić information content (AvgIpc) is 2.68. The summed E-state index contributed by atoms with van der Waals surface area (Å²) in [4.78, 5) is 29.9. The van der Waals surface area contributed by atoms with Crippen LogP contribution in [0.1, 0.15) is 29.6 Å². The molecule has 8 nitrogen and oxygen atoms in total. The van der Waals surface area contributed by atoms with E-state index in [1.807, 2.05) is 0 Å². The van der Waals surface area contributed by atoms with Crippen LogP contribution in [0, 0.1) is 10.1 Å². The van der Waals surface area contributed by atoms with Gasteiger partial charge in [-0.1, -0.05) is 0 Å². The maximum atomic E-state index is 13.1. The van der Waals surface area contributed by atoms with E-state index in [2.05, 4.69) is 9.80 Å². The molecule has 142 valence electrons. The lowest BCUT2D eigenvalue weighted by Gasteiger charge is -2.36. The predicted molar refractivity (Wildman–Crippen MR) is 98.6 cm³/mol. The van der Waals surface area contributed by atoms with Gasteiger partial charge in [-0.3, -0.25) is 19.8 Å². The molecule has 26 heavy (non-hydrogen) atoms. The van der Waals surface area contributed by atoms with Gasteiger partial charge in [-0.25, -0.2) is 0 Å². The van der Waals surface area contributed by atoms with Gasteiger partial charge in [-0.05, 0) is 25.3 Å². The fraction of sp³-hybridized carbons (Fsp3) is 0.611. The van der Waals surface area contributed by atoms with Crippen molar-refractivity contribution in [2.45, 2.75) is 19.3 Å². The highest BCUT2D eigenvalue weighted by Gasteiger charge is 2.27. The Hall–Kier alpha value is -2.19.